The van der Waals surface area contributed by atoms with Crippen LogP contribution < -0.4 is 0 Å². The van der Waals surface area contributed by atoms with Crippen LogP contribution in [-0.2, 0) is 14.9 Å². The minimum absolute atomic E-state index is 0.0475. The van der Waals surface area contributed by atoms with E-state index in [1.165, 1.54) is 42.5 Å². The van der Waals surface area contributed by atoms with Crippen LogP contribution in [0.15, 0.2) is 54.6 Å². The van der Waals surface area contributed by atoms with E-state index in [9.17, 15) is 23.2 Å². The molecule has 0 fully saturated rings. The molecule has 3 aromatic carbocycles. The Bertz CT molecular complexity index is 1210. The van der Waals surface area contributed by atoms with Crippen molar-refractivity contribution in [3.05, 3.63) is 91.4 Å². The summed E-state index contributed by atoms with van der Waals surface area (Å²) in [6.07, 6.45) is 0. The van der Waals surface area contributed by atoms with Crippen molar-refractivity contribution in [1.29, 1.82) is 0 Å². The Morgan fingerprint density at radius 1 is 0.724 bits per heavy atom. The van der Waals surface area contributed by atoms with Gasteiger partial charge in [0.05, 0.1) is 5.02 Å². The van der Waals surface area contributed by atoms with Gasteiger partial charge in [-0.3, -0.25) is 4.55 Å². The van der Waals surface area contributed by atoms with Gasteiger partial charge in [0.2, 0.25) is 0 Å². The molecule has 10 heteroatoms. The molecule has 0 aromatic heterocycles. The predicted octanol–water partition coefficient (Wildman–Crippen LogP) is 5.89. The van der Waals surface area contributed by atoms with Crippen LogP contribution in [0, 0.1) is 0 Å². The van der Waals surface area contributed by atoms with E-state index >= 15 is 0 Å². The highest BCUT2D eigenvalue weighted by molar-refractivity contribution is 7.87. The number of hydrogen-bond acceptors (Lipinski definition) is 4. The summed E-state index contributed by atoms with van der Waals surface area (Å²) in [5.41, 5.74) is -0.601. The quantitative estimate of drug-likeness (QED) is 0.311. The first-order chi connectivity index (χ1) is 13.5. The largest absolute Gasteiger partial charge is 0.508 e. The minimum atomic E-state index is -5.11. The highest BCUT2D eigenvalue weighted by Gasteiger charge is 2.51. The van der Waals surface area contributed by atoms with Gasteiger partial charge in [-0.1, -0.05) is 64.6 Å². The first-order valence-corrected chi connectivity index (χ1v) is 10.8. The second kappa shape index (κ2) is 7.87. The zero-order valence-corrected chi connectivity index (χ0v) is 18.1. The molecule has 3 aromatic rings. The third kappa shape index (κ3) is 3.77. The first-order valence-electron chi connectivity index (χ1n) is 7.89. The molecule has 152 valence electrons. The second-order valence-electron chi connectivity index (χ2n) is 6.11. The molecule has 1 atom stereocenters. The number of phenolic OH excluding ortho intramolecular Hbond substituents is 2. The fourth-order valence-corrected chi connectivity index (χ4v) is 5.41. The Morgan fingerprint density at radius 2 is 1.34 bits per heavy atom. The summed E-state index contributed by atoms with van der Waals surface area (Å²) in [4.78, 5) is 0. The molecule has 0 bridgehead atoms. The lowest BCUT2D eigenvalue weighted by molar-refractivity contribution is 0.439. The molecule has 0 amide bonds. The third-order valence-electron chi connectivity index (χ3n) is 4.35. The van der Waals surface area contributed by atoms with Gasteiger partial charge in [0.15, 0.2) is 4.75 Å². The summed E-state index contributed by atoms with van der Waals surface area (Å²) in [6.45, 7) is 0. The highest BCUT2D eigenvalue weighted by Crippen LogP contribution is 2.51. The van der Waals surface area contributed by atoms with Crippen LogP contribution in [0.3, 0.4) is 0 Å². The molecule has 1 unspecified atom stereocenters. The maximum Gasteiger partial charge on any atom is 0.283 e. The Balaban J connectivity index is 2.63. The normalized spacial score (nSPS) is 13.8. The fraction of sp³-hybridized carbons (Fsp3) is 0.0526. The molecule has 0 spiro atoms. The van der Waals surface area contributed by atoms with E-state index in [4.69, 9.17) is 46.4 Å². The molecular formula is C19H12Cl4O5S. The first kappa shape index (κ1) is 22.0. The second-order valence-corrected chi connectivity index (χ2v) is 9.36. The molecule has 3 rings (SSSR count). The summed E-state index contributed by atoms with van der Waals surface area (Å²) >= 11 is 24.3. The fourth-order valence-electron chi connectivity index (χ4n) is 3.22. The van der Waals surface area contributed by atoms with Gasteiger partial charge < -0.3 is 10.2 Å². The maximum atomic E-state index is 13.0. The van der Waals surface area contributed by atoms with E-state index < -0.39 is 26.4 Å². The van der Waals surface area contributed by atoms with Crippen molar-refractivity contribution in [3.8, 4) is 11.5 Å². The Morgan fingerprint density at radius 3 is 1.93 bits per heavy atom. The van der Waals surface area contributed by atoms with Gasteiger partial charge in [-0.15, -0.1) is 0 Å². The van der Waals surface area contributed by atoms with Crippen LogP contribution in [0.4, 0.5) is 0 Å². The number of hydrogen-bond donors (Lipinski definition) is 3. The van der Waals surface area contributed by atoms with Gasteiger partial charge in [-0.05, 0) is 35.9 Å². The lowest BCUT2D eigenvalue weighted by Crippen LogP contribution is -2.38. The van der Waals surface area contributed by atoms with E-state index in [1.807, 2.05) is 0 Å². The van der Waals surface area contributed by atoms with Gasteiger partial charge in [0.1, 0.15) is 11.5 Å². The molecule has 0 heterocycles. The lowest BCUT2D eigenvalue weighted by atomic mass is 9.83. The molecule has 0 radical (unpaired) electrons. The maximum absolute atomic E-state index is 13.0. The summed E-state index contributed by atoms with van der Waals surface area (Å²) in [7, 11) is -5.11. The predicted molar refractivity (Wildman–Crippen MR) is 114 cm³/mol. The van der Waals surface area contributed by atoms with E-state index in [-0.39, 0.29) is 36.8 Å². The van der Waals surface area contributed by atoms with E-state index in [0.717, 1.165) is 12.1 Å². The van der Waals surface area contributed by atoms with Crippen molar-refractivity contribution < 1.29 is 23.2 Å². The summed E-state index contributed by atoms with van der Waals surface area (Å²) in [5.74, 6) is -1.05. The van der Waals surface area contributed by atoms with Crippen molar-refractivity contribution in [2.75, 3.05) is 0 Å². The Hall–Kier alpha value is -1.67. The van der Waals surface area contributed by atoms with Crippen LogP contribution in [0.5, 0.6) is 11.5 Å². The molecule has 3 N–H and O–H groups in total. The zero-order valence-electron chi connectivity index (χ0n) is 14.3. The van der Waals surface area contributed by atoms with Crippen molar-refractivity contribution in [2.45, 2.75) is 4.75 Å². The molecule has 0 aliphatic carbocycles. The monoisotopic (exact) mass is 492 g/mol. The molecule has 0 saturated heterocycles. The average molecular weight is 494 g/mol. The van der Waals surface area contributed by atoms with Gasteiger partial charge >= 0.3 is 0 Å². The van der Waals surface area contributed by atoms with Crippen LogP contribution >= 0.6 is 46.4 Å². The third-order valence-corrected chi connectivity index (χ3v) is 6.89. The molecular weight excluding hydrogens is 482 g/mol. The summed E-state index contributed by atoms with van der Waals surface area (Å²) in [5, 5.41) is 20.6. The number of aromatic hydroxyl groups is 2. The van der Waals surface area contributed by atoms with Crippen molar-refractivity contribution >= 4 is 56.5 Å². The SMILES string of the molecule is O=S(=O)(O)C(c1cccc(Cl)c1)(c1ccc(Cl)cc1O)c1cc(Cl)cc(O)c1Cl. The summed E-state index contributed by atoms with van der Waals surface area (Å²) in [6, 6.07) is 11.6. The van der Waals surface area contributed by atoms with Crippen molar-refractivity contribution in [3.63, 3.8) is 0 Å². The minimum Gasteiger partial charge on any atom is -0.508 e. The van der Waals surface area contributed by atoms with Gasteiger partial charge in [0, 0.05) is 32.3 Å². The number of benzene rings is 3. The molecule has 5 nitrogen and oxygen atoms in total. The van der Waals surface area contributed by atoms with Crippen LogP contribution in [0.2, 0.25) is 20.1 Å². The smallest absolute Gasteiger partial charge is 0.283 e. The van der Waals surface area contributed by atoms with Gasteiger partial charge in [-0.25, -0.2) is 0 Å². The lowest BCUT2D eigenvalue weighted by Gasteiger charge is -2.34. The average Bonchev–Trinajstić information content (AvgIpc) is 2.60. The highest BCUT2D eigenvalue weighted by atomic mass is 35.5. The number of halogens is 4. The van der Waals surface area contributed by atoms with Crippen LogP contribution in [-0.4, -0.2) is 23.2 Å². The summed E-state index contributed by atoms with van der Waals surface area (Å²) < 4.78 is 33.9. The molecule has 0 saturated carbocycles. The Labute approximate surface area is 186 Å². The standard InChI is InChI=1S/C19H12Cl4O5S/c20-11-3-1-2-10(6-11)19(29(26,27)28,14-5-4-12(21)8-16(14)24)15-7-13(22)9-17(25)18(15)23/h1-9,24-25H,(H,26,27,28). The van der Waals surface area contributed by atoms with Gasteiger partial charge in [0.25, 0.3) is 10.1 Å². The topological polar surface area (TPSA) is 94.8 Å². The van der Waals surface area contributed by atoms with Crippen molar-refractivity contribution in [1.82, 2.24) is 0 Å². The molecule has 0 aliphatic rings. The van der Waals surface area contributed by atoms with Crippen molar-refractivity contribution in [2.24, 2.45) is 0 Å². The Kier molecular flexibility index (Phi) is 5.98. The van der Waals surface area contributed by atoms with Crippen LogP contribution in [0.1, 0.15) is 16.7 Å². The van der Waals surface area contributed by atoms with E-state index in [0.29, 0.717) is 0 Å². The van der Waals surface area contributed by atoms with E-state index in [2.05, 4.69) is 0 Å². The molecule has 0 aliphatic heterocycles. The number of phenols is 2. The van der Waals surface area contributed by atoms with Gasteiger partial charge in [-0.2, -0.15) is 8.42 Å². The zero-order chi connectivity index (χ0) is 21.6. The van der Waals surface area contributed by atoms with E-state index in [1.54, 1.807) is 0 Å². The number of rotatable bonds is 4. The molecule has 29 heavy (non-hydrogen) atoms. The van der Waals surface area contributed by atoms with Crippen LogP contribution in [0.25, 0.3) is 0 Å².